The molecule has 19 heavy (non-hydrogen) atoms. The van der Waals surface area contributed by atoms with Gasteiger partial charge < -0.3 is 4.74 Å². The van der Waals surface area contributed by atoms with E-state index in [1.165, 1.54) is 6.20 Å². The predicted octanol–water partition coefficient (Wildman–Crippen LogP) is 1.23. The number of ether oxygens (including phenoxy) is 1. The van der Waals surface area contributed by atoms with Crippen LogP contribution in [0.3, 0.4) is 0 Å². The molecular formula is C12H20N2O4S. The topological polar surface area (TPSA) is 78.3 Å². The van der Waals surface area contributed by atoms with Crippen LogP contribution in [0.15, 0.2) is 12.4 Å². The normalized spacial score (nSPS) is 14.2. The zero-order chi connectivity index (χ0) is 14.8. The molecule has 0 radical (unpaired) electrons. The number of carbonyl (C=O) groups excluding carboxylic acids is 1. The predicted molar refractivity (Wildman–Crippen MR) is 71.8 cm³/mol. The van der Waals surface area contributed by atoms with Gasteiger partial charge in [0.1, 0.15) is 6.10 Å². The summed E-state index contributed by atoms with van der Waals surface area (Å²) in [4.78, 5) is 11.8. The van der Waals surface area contributed by atoms with Gasteiger partial charge in [-0.15, -0.1) is 0 Å². The molecule has 0 amide bonds. The number of aromatic nitrogens is 2. The molecule has 0 aliphatic carbocycles. The average Bonchev–Trinajstić information content (AvgIpc) is 2.61. The van der Waals surface area contributed by atoms with E-state index in [0.29, 0.717) is 5.56 Å². The van der Waals surface area contributed by atoms with Crippen LogP contribution >= 0.6 is 0 Å². The Morgan fingerprint density at radius 3 is 2.47 bits per heavy atom. The van der Waals surface area contributed by atoms with E-state index in [9.17, 15) is 13.2 Å². The molecule has 1 rings (SSSR count). The fraction of sp³-hybridized carbons (Fsp3) is 0.667. The lowest BCUT2D eigenvalue weighted by atomic mass is 10.1. The summed E-state index contributed by atoms with van der Waals surface area (Å²) < 4.78 is 28.9. The Morgan fingerprint density at radius 2 is 2.05 bits per heavy atom. The van der Waals surface area contributed by atoms with Crippen molar-refractivity contribution in [2.75, 3.05) is 12.0 Å². The zero-order valence-corrected chi connectivity index (χ0v) is 12.7. The van der Waals surface area contributed by atoms with Crippen molar-refractivity contribution in [2.24, 2.45) is 0 Å². The largest absolute Gasteiger partial charge is 0.458 e. The van der Waals surface area contributed by atoms with Crippen molar-refractivity contribution >= 4 is 15.8 Å². The highest BCUT2D eigenvalue weighted by atomic mass is 32.2. The van der Waals surface area contributed by atoms with E-state index in [1.54, 1.807) is 17.8 Å². The van der Waals surface area contributed by atoms with E-state index < -0.39 is 21.9 Å². The molecule has 1 aromatic heterocycles. The molecule has 0 saturated heterocycles. The molecule has 0 aliphatic heterocycles. The second-order valence-electron chi connectivity index (χ2n) is 5.65. The molecule has 0 aliphatic rings. The maximum atomic E-state index is 11.8. The van der Waals surface area contributed by atoms with Crippen LogP contribution in [0.4, 0.5) is 0 Å². The Morgan fingerprint density at radius 1 is 1.47 bits per heavy atom. The van der Waals surface area contributed by atoms with Crippen LogP contribution < -0.4 is 0 Å². The minimum atomic E-state index is -3.17. The average molecular weight is 288 g/mol. The molecule has 0 bridgehead atoms. The summed E-state index contributed by atoms with van der Waals surface area (Å²) in [6.07, 6.45) is 3.44. The molecule has 0 N–H and O–H groups in total. The van der Waals surface area contributed by atoms with Gasteiger partial charge in [-0.2, -0.15) is 5.10 Å². The van der Waals surface area contributed by atoms with E-state index in [-0.39, 0.29) is 11.3 Å². The summed E-state index contributed by atoms with van der Waals surface area (Å²) in [5.41, 5.74) is 0.0898. The first kappa shape index (κ1) is 15.7. The van der Waals surface area contributed by atoms with Gasteiger partial charge in [-0.25, -0.2) is 13.2 Å². The molecule has 0 fully saturated rings. The molecule has 1 heterocycles. The highest BCUT2D eigenvalue weighted by Gasteiger charge is 2.20. The van der Waals surface area contributed by atoms with E-state index >= 15 is 0 Å². The van der Waals surface area contributed by atoms with Crippen LogP contribution in [-0.2, 0) is 20.1 Å². The molecule has 0 spiro atoms. The molecule has 6 nitrogen and oxygen atoms in total. The first-order chi connectivity index (χ1) is 8.49. The fourth-order valence-electron chi connectivity index (χ4n) is 1.51. The maximum Gasteiger partial charge on any atom is 0.341 e. The molecule has 0 unspecified atom stereocenters. The minimum absolute atomic E-state index is 0.188. The van der Waals surface area contributed by atoms with E-state index in [0.717, 1.165) is 6.26 Å². The summed E-state index contributed by atoms with van der Waals surface area (Å²) in [6.45, 7) is 7.43. The maximum absolute atomic E-state index is 11.8. The minimum Gasteiger partial charge on any atom is -0.458 e. The molecule has 1 atom stereocenters. The highest BCUT2D eigenvalue weighted by Crippen LogP contribution is 2.14. The van der Waals surface area contributed by atoms with E-state index in [4.69, 9.17) is 4.74 Å². The molecule has 7 heteroatoms. The van der Waals surface area contributed by atoms with Gasteiger partial charge >= 0.3 is 5.97 Å². The smallest absolute Gasteiger partial charge is 0.341 e. The Hall–Kier alpha value is -1.37. The van der Waals surface area contributed by atoms with Gasteiger partial charge in [-0.1, -0.05) is 0 Å². The van der Waals surface area contributed by atoms with Crippen molar-refractivity contribution in [3.05, 3.63) is 18.0 Å². The number of sulfone groups is 1. The van der Waals surface area contributed by atoms with Crippen LogP contribution in [0.2, 0.25) is 0 Å². The molecule has 108 valence electrons. The van der Waals surface area contributed by atoms with Crippen LogP contribution in [0.1, 0.15) is 38.1 Å². The van der Waals surface area contributed by atoms with Gasteiger partial charge in [0, 0.05) is 12.5 Å². The molecule has 0 aromatic carbocycles. The Bertz CT molecular complexity index is 555. The van der Waals surface area contributed by atoms with Crippen LogP contribution in [0, 0.1) is 0 Å². The van der Waals surface area contributed by atoms with Gasteiger partial charge in [-0.05, 0) is 27.7 Å². The number of hydrogen-bond donors (Lipinski definition) is 0. The van der Waals surface area contributed by atoms with Crippen molar-refractivity contribution in [3.63, 3.8) is 0 Å². The fourth-order valence-corrected chi connectivity index (χ4v) is 2.43. The van der Waals surface area contributed by atoms with Crippen molar-refractivity contribution in [3.8, 4) is 0 Å². The Kier molecular flexibility index (Phi) is 4.39. The lowest BCUT2D eigenvalue weighted by Crippen LogP contribution is -2.24. The number of esters is 1. The third kappa shape index (κ3) is 5.02. The van der Waals surface area contributed by atoms with Gasteiger partial charge in [0.2, 0.25) is 0 Å². The number of nitrogens with zero attached hydrogens (tertiary/aromatic N) is 2. The third-order valence-corrected chi connectivity index (χ3v) is 3.43. The molecule has 0 saturated carbocycles. The van der Waals surface area contributed by atoms with E-state index in [1.807, 2.05) is 20.8 Å². The summed E-state index contributed by atoms with van der Waals surface area (Å²) in [5, 5.41) is 4.09. The van der Waals surface area contributed by atoms with Gasteiger partial charge in [0.05, 0.1) is 23.1 Å². The molecular weight excluding hydrogens is 268 g/mol. The van der Waals surface area contributed by atoms with Crippen molar-refractivity contribution < 1.29 is 17.9 Å². The van der Waals surface area contributed by atoms with Crippen LogP contribution in [-0.4, -0.2) is 42.3 Å². The summed E-state index contributed by atoms with van der Waals surface area (Å²) >= 11 is 0. The standard InChI is InChI=1S/C12H20N2O4S/c1-9(8-19(5,16)17)18-11(15)10-6-13-14(7-10)12(2,3)4/h6-7,9H,8H2,1-5H3/t9-/m0/s1. The second kappa shape index (κ2) is 5.32. The highest BCUT2D eigenvalue weighted by molar-refractivity contribution is 7.90. The lowest BCUT2D eigenvalue weighted by molar-refractivity contribution is 0.0383. The number of carbonyl (C=O) groups is 1. The van der Waals surface area contributed by atoms with Crippen molar-refractivity contribution in [2.45, 2.75) is 39.3 Å². The second-order valence-corrected chi connectivity index (χ2v) is 7.84. The Labute approximate surface area is 113 Å². The summed E-state index contributed by atoms with van der Waals surface area (Å²) in [7, 11) is -3.17. The Balaban J connectivity index is 2.72. The van der Waals surface area contributed by atoms with E-state index in [2.05, 4.69) is 5.10 Å². The molecule has 1 aromatic rings. The van der Waals surface area contributed by atoms with Crippen LogP contribution in [0.5, 0.6) is 0 Å². The lowest BCUT2D eigenvalue weighted by Gasteiger charge is -2.18. The monoisotopic (exact) mass is 288 g/mol. The van der Waals surface area contributed by atoms with Gasteiger partial charge in [0.25, 0.3) is 0 Å². The quantitative estimate of drug-likeness (QED) is 0.779. The third-order valence-electron chi connectivity index (χ3n) is 2.35. The van der Waals surface area contributed by atoms with Gasteiger partial charge in [0.15, 0.2) is 9.84 Å². The van der Waals surface area contributed by atoms with Crippen molar-refractivity contribution in [1.29, 1.82) is 0 Å². The SMILES string of the molecule is C[C@@H](CS(C)(=O)=O)OC(=O)c1cnn(C(C)(C)C)c1. The van der Waals surface area contributed by atoms with Gasteiger partial charge in [-0.3, -0.25) is 4.68 Å². The first-order valence-corrected chi connectivity index (χ1v) is 7.99. The summed E-state index contributed by atoms with van der Waals surface area (Å²) in [6, 6.07) is 0. The summed E-state index contributed by atoms with van der Waals surface area (Å²) in [5.74, 6) is -0.752. The first-order valence-electron chi connectivity index (χ1n) is 5.93. The van der Waals surface area contributed by atoms with Crippen LogP contribution in [0.25, 0.3) is 0 Å². The van der Waals surface area contributed by atoms with Crippen molar-refractivity contribution in [1.82, 2.24) is 9.78 Å². The zero-order valence-electron chi connectivity index (χ0n) is 11.9. The number of rotatable bonds is 4. The number of hydrogen-bond acceptors (Lipinski definition) is 5.